The highest BCUT2D eigenvalue weighted by molar-refractivity contribution is 7.80. The van der Waals surface area contributed by atoms with Crippen LogP contribution < -0.4 is 14.8 Å². The molecule has 2 rings (SSSR count). The summed E-state index contributed by atoms with van der Waals surface area (Å²) < 4.78 is 10.6. The van der Waals surface area contributed by atoms with Gasteiger partial charge in [0.1, 0.15) is 5.57 Å². The Morgan fingerprint density at radius 3 is 2.71 bits per heavy atom. The van der Waals surface area contributed by atoms with Gasteiger partial charge in [-0.3, -0.25) is 19.8 Å². The number of thiocarbonyl (C=S) groups is 1. The molecule has 2 N–H and O–H groups in total. The van der Waals surface area contributed by atoms with Crippen molar-refractivity contribution in [2.45, 2.75) is 6.92 Å². The number of aliphatic carboxylic acids is 1. The molecule has 0 atom stereocenters. The van der Waals surface area contributed by atoms with Crippen molar-refractivity contribution in [3.8, 4) is 11.5 Å². The van der Waals surface area contributed by atoms with E-state index in [1.54, 1.807) is 6.92 Å². The summed E-state index contributed by atoms with van der Waals surface area (Å²) >= 11 is 11.2. The predicted molar refractivity (Wildman–Crippen MR) is 106 cm³/mol. The summed E-state index contributed by atoms with van der Waals surface area (Å²) in [6.07, 6.45) is 2.82. The second kappa shape index (κ2) is 9.34. The van der Waals surface area contributed by atoms with E-state index in [9.17, 15) is 14.4 Å². The Balaban J connectivity index is 2.44. The van der Waals surface area contributed by atoms with Crippen LogP contribution in [0.5, 0.6) is 11.5 Å². The van der Waals surface area contributed by atoms with Gasteiger partial charge >= 0.3 is 5.97 Å². The molecule has 1 aromatic rings. The number of carboxylic acid groups (broad SMARTS) is 1. The second-order valence-electron chi connectivity index (χ2n) is 5.47. The first-order valence-corrected chi connectivity index (χ1v) is 8.87. The first kappa shape index (κ1) is 21.4. The molecule has 0 saturated carbocycles. The van der Waals surface area contributed by atoms with E-state index < -0.39 is 24.4 Å². The van der Waals surface area contributed by atoms with Crippen molar-refractivity contribution in [1.82, 2.24) is 10.2 Å². The van der Waals surface area contributed by atoms with Gasteiger partial charge in [0.25, 0.3) is 11.8 Å². The summed E-state index contributed by atoms with van der Waals surface area (Å²) in [6.45, 7) is 5.09. The van der Waals surface area contributed by atoms with E-state index in [-0.39, 0.29) is 40.4 Å². The Labute approximate surface area is 171 Å². The van der Waals surface area contributed by atoms with Crippen LogP contribution in [0, 0.1) is 0 Å². The number of nitrogens with zero attached hydrogens (tertiary/aromatic N) is 1. The number of rotatable bonds is 8. The Hall–Kier alpha value is -2.91. The van der Waals surface area contributed by atoms with Gasteiger partial charge in [0.2, 0.25) is 0 Å². The van der Waals surface area contributed by atoms with Crippen molar-refractivity contribution in [3.63, 3.8) is 0 Å². The van der Waals surface area contributed by atoms with Crippen molar-refractivity contribution in [2.75, 3.05) is 19.8 Å². The van der Waals surface area contributed by atoms with E-state index >= 15 is 0 Å². The van der Waals surface area contributed by atoms with Crippen molar-refractivity contribution in [1.29, 1.82) is 0 Å². The third kappa shape index (κ3) is 4.87. The molecule has 1 aliphatic rings. The number of hydrogen-bond acceptors (Lipinski definition) is 6. The molecule has 0 aliphatic carbocycles. The molecule has 28 heavy (non-hydrogen) atoms. The van der Waals surface area contributed by atoms with Gasteiger partial charge < -0.3 is 14.6 Å². The zero-order valence-electron chi connectivity index (χ0n) is 14.9. The number of ether oxygens (including phenoxy) is 2. The average Bonchev–Trinajstić information content (AvgIpc) is 2.61. The number of amides is 2. The van der Waals surface area contributed by atoms with Crippen LogP contribution in [-0.2, 0) is 14.4 Å². The minimum Gasteiger partial charge on any atom is -0.490 e. The summed E-state index contributed by atoms with van der Waals surface area (Å²) in [5, 5.41) is 11.3. The third-order valence-electron chi connectivity index (χ3n) is 3.48. The van der Waals surface area contributed by atoms with E-state index in [2.05, 4.69) is 11.9 Å². The van der Waals surface area contributed by atoms with E-state index in [0.717, 1.165) is 0 Å². The summed E-state index contributed by atoms with van der Waals surface area (Å²) in [7, 11) is 0. The van der Waals surface area contributed by atoms with E-state index in [1.165, 1.54) is 29.2 Å². The largest absolute Gasteiger partial charge is 0.490 e. The molecular weight excluding hydrogens is 408 g/mol. The van der Waals surface area contributed by atoms with Crippen LogP contribution in [0.4, 0.5) is 0 Å². The van der Waals surface area contributed by atoms with Crippen LogP contribution in [0.3, 0.4) is 0 Å². The Kier molecular flexibility index (Phi) is 7.13. The zero-order valence-corrected chi connectivity index (χ0v) is 16.4. The van der Waals surface area contributed by atoms with Gasteiger partial charge in [-0.25, -0.2) is 4.79 Å². The number of carbonyl (C=O) groups excluding carboxylic acids is 2. The average molecular weight is 425 g/mol. The number of benzene rings is 1. The Morgan fingerprint density at radius 2 is 2.11 bits per heavy atom. The lowest BCUT2D eigenvalue weighted by Gasteiger charge is -2.27. The fourth-order valence-electron chi connectivity index (χ4n) is 2.36. The minimum atomic E-state index is -1.17. The highest BCUT2D eigenvalue weighted by atomic mass is 35.5. The van der Waals surface area contributed by atoms with Gasteiger partial charge in [-0.05, 0) is 42.9 Å². The molecule has 1 aromatic carbocycles. The molecule has 0 unspecified atom stereocenters. The third-order valence-corrected chi connectivity index (χ3v) is 4.08. The Morgan fingerprint density at radius 1 is 1.39 bits per heavy atom. The maximum Gasteiger partial charge on any atom is 0.341 e. The number of carboxylic acids is 1. The van der Waals surface area contributed by atoms with E-state index in [4.69, 9.17) is 38.4 Å². The normalized spacial score (nSPS) is 15.4. The number of hydrogen-bond donors (Lipinski definition) is 2. The van der Waals surface area contributed by atoms with Gasteiger partial charge in [0.15, 0.2) is 23.2 Å². The van der Waals surface area contributed by atoms with E-state index in [0.29, 0.717) is 5.56 Å². The molecule has 10 heteroatoms. The molecule has 1 fully saturated rings. The molecule has 0 radical (unpaired) electrons. The number of carbonyl (C=O) groups is 3. The van der Waals surface area contributed by atoms with Crippen LogP contribution >= 0.6 is 23.8 Å². The summed E-state index contributed by atoms with van der Waals surface area (Å²) in [5.41, 5.74) is 0.245. The van der Waals surface area contributed by atoms with Gasteiger partial charge in [-0.2, -0.15) is 0 Å². The maximum atomic E-state index is 12.6. The van der Waals surface area contributed by atoms with E-state index in [1.807, 2.05) is 0 Å². The smallest absolute Gasteiger partial charge is 0.341 e. The standard InChI is InChI=1S/C18H17ClN2O6S/c1-3-5-21-17(25)11(16(24)20-18(21)28)6-10-7-12(19)15(27-9-14(22)23)13(8-10)26-4-2/h3,6-8H,1,4-5,9H2,2H3,(H,22,23)(H,20,24,28)/b11-6-. The summed E-state index contributed by atoms with van der Waals surface area (Å²) in [6, 6.07) is 2.92. The van der Waals surface area contributed by atoms with Gasteiger partial charge in [-0.15, -0.1) is 6.58 Å². The monoisotopic (exact) mass is 424 g/mol. The highest BCUT2D eigenvalue weighted by Crippen LogP contribution is 2.37. The van der Waals surface area contributed by atoms with Crippen molar-refractivity contribution < 1.29 is 29.0 Å². The second-order valence-corrected chi connectivity index (χ2v) is 6.26. The van der Waals surface area contributed by atoms with Crippen LogP contribution in [0.2, 0.25) is 5.02 Å². The lowest BCUT2D eigenvalue weighted by atomic mass is 10.1. The van der Waals surface area contributed by atoms with Crippen LogP contribution in [0.15, 0.2) is 30.4 Å². The molecule has 0 aromatic heterocycles. The van der Waals surface area contributed by atoms with Gasteiger partial charge in [0, 0.05) is 6.54 Å². The summed E-state index contributed by atoms with van der Waals surface area (Å²) in [4.78, 5) is 36.7. The minimum absolute atomic E-state index is 0.00231. The summed E-state index contributed by atoms with van der Waals surface area (Å²) in [5.74, 6) is -2.15. The lowest BCUT2D eigenvalue weighted by molar-refractivity contribution is -0.139. The molecule has 1 aliphatic heterocycles. The maximum absolute atomic E-state index is 12.6. The molecule has 0 bridgehead atoms. The number of nitrogens with one attached hydrogen (secondary N) is 1. The van der Waals surface area contributed by atoms with Gasteiger partial charge in [0.05, 0.1) is 11.6 Å². The Bertz CT molecular complexity index is 883. The first-order valence-electron chi connectivity index (χ1n) is 8.09. The van der Waals surface area contributed by atoms with Crippen molar-refractivity contribution in [3.05, 3.63) is 40.9 Å². The molecule has 148 valence electrons. The fraction of sp³-hybridized carbons (Fsp3) is 0.222. The molecular formula is C18H17ClN2O6S. The topological polar surface area (TPSA) is 105 Å². The quantitative estimate of drug-likeness (QED) is 0.284. The molecule has 2 amide bonds. The van der Waals surface area contributed by atoms with Crippen LogP contribution in [0.1, 0.15) is 12.5 Å². The van der Waals surface area contributed by atoms with Crippen molar-refractivity contribution >= 4 is 52.8 Å². The highest BCUT2D eigenvalue weighted by Gasteiger charge is 2.32. The fourth-order valence-corrected chi connectivity index (χ4v) is 2.89. The lowest BCUT2D eigenvalue weighted by Crippen LogP contribution is -2.53. The molecule has 1 heterocycles. The predicted octanol–water partition coefficient (Wildman–Crippen LogP) is 2.01. The molecule has 8 nitrogen and oxygen atoms in total. The van der Waals surface area contributed by atoms with Gasteiger partial charge in [-0.1, -0.05) is 17.7 Å². The number of halogens is 1. The van der Waals surface area contributed by atoms with Crippen LogP contribution in [-0.4, -0.2) is 52.7 Å². The molecule has 1 saturated heterocycles. The molecule has 0 spiro atoms. The zero-order chi connectivity index (χ0) is 20.8. The van der Waals surface area contributed by atoms with Crippen molar-refractivity contribution in [2.24, 2.45) is 0 Å². The first-order chi connectivity index (χ1) is 13.3. The van der Waals surface area contributed by atoms with Crippen LogP contribution in [0.25, 0.3) is 6.08 Å². The SMILES string of the molecule is C=CCN1C(=O)/C(=C\c2cc(Cl)c(OCC(=O)O)c(OCC)c2)C(=O)NC1=S.